The topological polar surface area (TPSA) is 142 Å². The Bertz CT molecular complexity index is 1500. The maximum atomic E-state index is 14.4. The van der Waals surface area contributed by atoms with E-state index in [2.05, 4.69) is 26.7 Å². The van der Waals surface area contributed by atoms with Crippen molar-refractivity contribution < 1.29 is 18.7 Å². The Balaban J connectivity index is 1.89. The zero-order valence-electron chi connectivity index (χ0n) is 21.8. The number of nitrogens with one attached hydrogen (secondary N) is 2. The number of ether oxygens (including phenoxy) is 1. The predicted molar refractivity (Wildman–Crippen MR) is 143 cm³/mol. The summed E-state index contributed by atoms with van der Waals surface area (Å²) in [5.74, 6) is -0.959. The van der Waals surface area contributed by atoms with Crippen LogP contribution in [-0.4, -0.2) is 35.6 Å². The van der Waals surface area contributed by atoms with Crippen LogP contribution in [0, 0.1) is 24.1 Å². The summed E-state index contributed by atoms with van der Waals surface area (Å²) in [6.07, 6.45) is 4.13. The second kappa shape index (κ2) is 11.5. The summed E-state index contributed by atoms with van der Waals surface area (Å²) in [5.41, 5.74) is 7.08. The van der Waals surface area contributed by atoms with E-state index >= 15 is 0 Å². The van der Waals surface area contributed by atoms with Gasteiger partial charge in [0.2, 0.25) is 5.91 Å². The number of rotatable bonds is 7. The maximum absolute atomic E-state index is 14.4. The number of hydrogen-bond donors (Lipinski definition) is 3. The molecular formula is C28H29FN6O3. The molecule has 0 aliphatic carbocycles. The van der Waals surface area contributed by atoms with Gasteiger partial charge in [0.05, 0.1) is 40.4 Å². The van der Waals surface area contributed by atoms with Crippen LogP contribution in [0.4, 0.5) is 4.39 Å². The van der Waals surface area contributed by atoms with Crippen LogP contribution in [0.1, 0.15) is 47.8 Å². The van der Waals surface area contributed by atoms with E-state index in [9.17, 15) is 19.2 Å². The molecule has 0 saturated heterocycles. The number of amides is 2. The number of pyridine rings is 1. The number of halogens is 1. The van der Waals surface area contributed by atoms with E-state index in [-0.39, 0.29) is 29.0 Å². The number of nitrogens with zero attached hydrogens (tertiary/aromatic N) is 3. The van der Waals surface area contributed by atoms with Crippen molar-refractivity contribution in [1.29, 1.82) is 5.26 Å². The summed E-state index contributed by atoms with van der Waals surface area (Å²) in [6.45, 7) is 7.45. The van der Waals surface area contributed by atoms with E-state index in [4.69, 9.17) is 10.5 Å². The van der Waals surface area contributed by atoms with Gasteiger partial charge < -0.3 is 21.1 Å². The number of hydrogen-bond acceptors (Lipinski definition) is 7. The molecule has 10 heteroatoms. The summed E-state index contributed by atoms with van der Waals surface area (Å²) in [5, 5.41) is 15.4. The number of benzene rings is 2. The molecule has 0 saturated carbocycles. The van der Waals surface area contributed by atoms with E-state index in [1.165, 1.54) is 31.7 Å². The molecule has 0 unspecified atom stereocenters. The number of carbonyl (C=O) groups excluding carboxylic acids is 2. The number of aliphatic imine (C=N–C) groups is 1. The third kappa shape index (κ3) is 6.50. The van der Waals surface area contributed by atoms with Crippen molar-refractivity contribution in [2.24, 2.45) is 10.7 Å². The Morgan fingerprint density at radius 3 is 2.61 bits per heavy atom. The fourth-order valence-corrected chi connectivity index (χ4v) is 3.58. The summed E-state index contributed by atoms with van der Waals surface area (Å²) < 4.78 is 20.5. The molecule has 3 aromatic rings. The fraction of sp³-hybridized carbons (Fsp3) is 0.250. The highest BCUT2D eigenvalue weighted by Gasteiger charge is 2.18. The van der Waals surface area contributed by atoms with Crippen molar-refractivity contribution in [2.45, 2.75) is 39.7 Å². The molecule has 0 aliphatic rings. The first-order valence-corrected chi connectivity index (χ1v) is 11.7. The normalized spacial score (nSPS) is 11.9. The van der Waals surface area contributed by atoms with E-state index in [1.807, 2.05) is 20.8 Å². The summed E-state index contributed by atoms with van der Waals surface area (Å²) in [6, 6.07) is 9.55. The zero-order valence-corrected chi connectivity index (χ0v) is 21.8. The minimum Gasteiger partial charge on any atom is -0.456 e. The van der Waals surface area contributed by atoms with Gasteiger partial charge in [-0.05, 0) is 51.5 Å². The number of nitrogens with two attached hydrogens (primary N) is 1. The van der Waals surface area contributed by atoms with Gasteiger partial charge in [-0.15, -0.1) is 0 Å². The van der Waals surface area contributed by atoms with Crippen LogP contribution in [0.3, 0.4) is 0 Å². The van der Waals surface area contributed by atoms with Gasteiger partial charge in [0.1, 0.15) is 17.3 Å². The van der Waals surface area contributed by atoms with Crippen molar-refractivity contribution in [3.63, 3.8) is 0 Å². The molecule has 0 atom stereocenters. The monoisotopic (exact) mass is 516 g/mol. The van der Waals surface area contributed by atoms with Crippen LogP contribution in [0.25, 0.3) is 10.9 Å². The minimum atomic E-state index is -0.704. The smallest absolute Gasteiger partial charge is 0.254 e. The largest absolute Gasteiger partial charge is 0.456 e. The van der Waals surface area contributed by atoms with Crippen molar-refractivity contribution in [3.8, 4) is 17.6 Å². The first kappa shape index (κ1) is 27.8. The summed E-state index contributed by atoms with van der Waals surface area (Å²) in [4.78, 5) is 33.2. The Morgan fingerprint density at radius 2 is 1.97 bits per heavy atom. The number of aromatic nitrogens is 1. The van der Waals surface area contributed by atoms with Crippen molar-refractivity contribution in [1.82, 2.24) is 15.6 Å². The molecule has 2 aromatic carbocycles. The van der Waals surface area contributed by atoms with E-state index in [1.54, 1.807) is 25.1 Å². The van der Waals surface area contributed by atoms with Gasteiger partial charge in [-0.2, -0.15) is 5.26 Å². The summed E-state index contributed by atoms with van der Waals surface area (Å²) in [7, 11) is 1.41. The lowest BCUT2D eigenvalue weighted by molar-refractivity contribution is -0.119. The molecule has 3 rings (SSSR count). The first-order valence-electron chi connectivity index (χ1n) is 11.7. The van der Waals surface area contributed by atoms with Crippen LogP contribution in [0.2, 0.25) is 0 Å². The van der Waals surface area contributed by atoms with Gasteiger partial charge in [0.25, 0.3) is 5.91 Å². The van der Waals surface area contributed by atoms with Crippen molar-refractivity contribution in [3.05, 3.63) is 76.5 Å². The van der Waals surface area contributed by atoms with Crippen LogP contribution in [0.15, 0.2) is 53.4 Å². The Hall–Kier alpha value is -4.78. The Kier molecular flexibility index (Phi) is 8.43. The molecular weight excluding hydrogens is 487 g/mol. The molecule has 1 heterocycles. The lowest BCUT2D eigenvalue weighted by Crippen LogP contribution is -2.27. The lowest BCUT2D eigenvalue weighted by Gasteiger charge is -2.15. The average Bonchev–Trinajstić information content (AvgIpc) is 2.87. The maximum Gasteiger partial charge on any atom is 0.254 e. The second-order valence-corrected chi connectivity index (χ2v) is 9.45. The number of fused-ring (bicyclic) bond motifs is 1. The molecule has 196 valence electrons. The van der Waals surface area contributed by atoms with Crippen LogP contribution in [0.5, 0.6) is 11.5 Å². The molecule has 0 spiro atoms. The molecule has 0 aliphatic heterocycles. The number of carbonyl (C=O) groups is 2. The molecule has 4 N–H and O–H groups in total. The fourth-order valence-electron chi connectivity index (χ4n) is 3.58. The Morgan fingerprint density at radius 1 is 1.24 bits per heavy atom. The second-order valence-electron chi connectivity index (χ2n) is 9.45. The molecule has 9 nitrogen and oxygen atoms in total. The highest BCUT2D eigenvalue weighted by atomic mass is 19.1. The van der Waals surface area contributed by atoms with Crippen LogP contribution in [-0.2, 0) is 11.2 Å². The predicted octanol–water partition coefficient (Wildman–Crippen LogP) is 4.03. The van der Waals surface area contributed by atoms with Crippen LogP contribution < -0.4 is 21.1 Å². The van der Waals surface area contributed by atoms with Gasteiger partial charge in [-0.25, -0.2) is 4.39 Å². The highest BCUT2D eigenvalue weighted by Crippen LogP contribution is 2.34. The molecule has 0 bridgehead atoms. The highest BCUT2D eigenvalue weighted by molar-refractivity contribution is 5.99. The quantitative estimate of drug-likeness (QED) is 0.405. The van der Waals surface area contributed by atoms with Crippen LogP contribution >= 0.6 is 0 Å². The molecule has 0 fully saturated rings. The SMILES string of the molecule is CNC(=O)c1cc2c(Oc3ccc(CC(=O)N/C(C=NC(C)(C)C)=C/N)c(C#N)c3C)ccnc2cc1F. The third-order valence-corrected chi connectivity index (χ3v) is 5.50. The van der Waals surface area contributed by atoms with E-state index in [0.29, 0.717) is 39.2 Å². The van der Waals surface area contributed by atoms with E-state index in [0.717, 1.165) is 6.07 Å². The van der Waals surface area contributed by atoms with Gasteiger partial charge in [-0.3, -0.25) is 19.6 Å². The molecule has 1 aromatic heterocycles. The van der Waals surface area contributed by atoms with Crippen molar-refractivity contribution in [2.75, 3.05) is 7.05 Å². The van der Waals surface area contributed by atoms with Gasteiger partial charge >= 0.3 is 0 Å². The van der Waals surface area contributed by atoms with Gasteiger partial charge in [0.15, 0.2) is 0 Å². The van der Waals surface area contributed by atoms with E-state index < -0.39 is 11.7 Å². The number of nitriles is 1. The lowest BCUT2D eigenvalue weighted by atomic mass is 9.99. The molecule has 2 amide bonds. The summed E-state index contributed by atoms with van der Waals surface area (Å²) >= 11 is 0. The molecule has 38 heavy (non-hydrogen) atoms. The first-order chi connectivity index (χ1) is 18.0. The van der Waals surface area contributed by atoms with Gasteiger partial charge in [0, 0.05) is 42.7 Å². The van der Waals surface area contributed by atoms with Gasteiger partial charge in [-0.1, -0.05) is 6.07 Å². The Labute approximate surface area is 220 Å². The average molecular weight is 517 g/mol. The molecule has 0 radical (unpaired) electrons. The minimum absolute atomic E-state index is 0.0718. The standard InChI is InChI=1S/C28H29FN6O3/c1-16-21(14-31)17(10-26(36)35-18(13-30)15-34-28(2,3)4)6-7-24(16)38-25-8-9-33-23-12-22(29)19(11-20(23)25)27(37)32-5/h6-9,11-13,15H,10,30H2,1-5H3,(H,32,37)(H,35,36)/b18-13+,34-15?. The number of allylic oxidation sites excluding steroid dienone is 1. The zero-order chi connectivity index (χ0) is 28.0. The van der Waals surface area contributed by atoms with Crippen molar-refractivity contribution >= 4 is 28.9 Å². The third-order valence-electron chi connectivity index (χ3n) is 5.50.